The van der Waals surface area contributed by atoms with Crippen molar-refractivity contribution in [1.82, 2.24) is 10.6 Å². The molecule has 2 aliphatic carbocycles. The van der Waals surface area contributed by atoms with Gasteiger partial charge in [-0.15, -0.1) is 0 Å². The molecule has 0 heterocycles. The number of fused-ring (bicyclic) bond motifs is 2. The van der Waals surface area contributed by atoms with E-state index in [0.29, 0.717) is 12.5 Å². The van der Waals surface area contributed by atoms with Gasteiger partial charge in [-0.3, -0.25) is 9.59 Å². The third-order valence-corrected chi connectivity index (χ3v) is 5.30. The highest BCUT2D eigenvalue weighted by Crippen LogP contribution is 2.49. The lowest BCUT2D eigenvalue weighted by molar-refractivity contribution is -0.140. The fourth-order valence-electron chi connectivity index (χ4n) is 4.14. The average Bonchev–Trinajstić information content (AvgIpc) is 3.16. The molecule has 2 bridgehead atoms. The first-order valence-corrected chi connectivity index (χ1v) is 8.26. The third kappa shape index (κ3) is 3.32. The summed E-state index contributed by atoms with van der Waals surface area (Å²) in [5.74, 6) is 1.09. The number of hydrogen-bond donors (Lipinski definition) is 2. The largest absolute Gasteiger partial charge is 0.345 e. The maximum Gasteiger partial charge on any atom is 0.309 e. The number of nitrogens with one attached hydrogen (secondary N) is 2. The van der Waals surface area contributed by atoms with Crippen LogP contribution in [0.1, 0.15) is 38.2 Å². The third-order valence-electron chi connectivity index (χ3n) is 5.30. The van der Waals surface area contributed by atoms with Crippen molar-refractivity contribution in [1.29, 1.82) is 0 Å². The van der Waals surface area contributed by atoms with Crippen molar-refractivity contribution in [3.8, 4) is 0 Å². The van der Waals surface area contributed by atoms with Crippen LogP contribution >= 0.6 is 0 Å². The smallest absolute Gasteiger partial charge is 0.309 e. The maximum atomic E-state index is 12.0. The molecule has 2 amide bonds. The van der Waals surface area contributed by atoms with Gasteiger partial charge in [0.05, 0.1) is 0 Å². The van der Waals surface area contributed by atoms with Crippen molar-refractivity contribution in [2.75, 3.05) is 0 Å². The molecule has 1 aromatic rings. The van der Waals surface area contributed by atoms with Gasteiger partial charge in [0.25, 0.3) is 0 Å². The van der Waals surface area contributed by atoms with E-state index in [-0.39, 0.29) is 6.04 Å². The van der Waals surface area contributed by atoms with E-state index in [2.05, 4.69) is 10.6 Å². The molecule has 0 spiro atoms. The second kappa shape index (κ2) is 6.51. The van der Waals surface area contributed by atoms with Crippen LogP contribution in [0.5, 0.6) is 0 Å². The standard InChI is InChI=1S/C18H24N2O2/c1-12(16-10-14-7-8-15(16)9-14)20-18(22)17(21)19-11-13-5-3-2-4-6-13/h2-6,12,14-16H,7-11H2,1H3,(H,19,21)(H,20,22). The second-order valence-corrected chi connectivity index (χ2v) is 6.77. The highest BCUT2D eigenvalue weighted by atomic mass is 16.2. The van der Waals surface area contributed by atoms with Crippen LogP contribution in [0.15, 0.2) is 30.3 Å². The Balaban J connectivity index is 1.46. The van der Waals surface area contributed by atoms with Gasteiger partial charge in [0.1, 0.15) is 0 Å². The summed E-state index contributed by atoms with van der Waals surface area (Å²) in [4.78, 5) is 23.9. The lowest BCUT2D eigenvalue weighted by atomic mass is 9.84. The summed E-state index contributed by atoms with van der Waals surface area (Å²) in [7, 11) is 0. The first-order valence-electron chi connectivity index (χ1n) is 8.26. The van der Waals surface area contributed by atoms with Gasteiger partial charge < -0.3 is 10.6 Å². The van der Waals surface area contributed by atoms with Gasteiger partial charge in [-0.05, 0) is 49.5 Å². The molecule has 3 rings (SSSR count). The summed E-state index contributed by atoms with van der Waals surface area (Å²) in [6.45, 7) is 2.42. The van der Waals surface area contributed by atoms with E-state index in [9.17, 15) is 9.59 Å². The zero-order valence-corrected chi connectivity index (χ0v) is 13.0. The predicted molar refractivity (Wildman–Crippen MR) is 84.8 cm³/mol. The average molecular weight is 300 g/mol. The van der Waals surface area contributed by atoms with Crippen LogP contribution in [0.4, 0.5) is 0 Å². The molecule has 4 unspecified atom stereocenters. The molecule has 0 aliphatic heterocycles. The molecule has 4 atom stereocenters. The molecule has 22 heavy (non-hydrogen) atoms. The Hall–Kier alpha value is -1.84. The highest BCUT2D eigenvalue weighted by Gasteiger charge is 2.42. The molecular weight excluding hydrogens is 276 g/mol. The Morgan fingerprint density at radius 3 is 2.55 bits per heavy atom. The second-order valence-electron chi connectivity index (χ2n) is 6.77. The number of carbonyl (C=O) groups excluding carboxylic acids is 2. The van der Waals surface area contributed by atoms with Gasteiger partial charge in [0.2, 0.25) is 0 Å². The van der Waals surface area contributed by atoms with Crippen LogP contribution in [0.25, 0.3) is 0 Å². The molecule has 2 aliphatic rings. The van der Waals surface area contributed by atoms with Crippen LogP contribution in [0, 0.1) is 17.8 Å². The lowest BCUT2D eigenvalue weighted by Crippen LogP contribution is -2.46. The first-order chi connectivity index (χ1) is 10.6. The monoisotopic (exact) mass is 300 g/mol. The van der Waals surface area contributed by atoms with Crippen LogP contribution < -0.4 is 10.6 Å². The normalized spacial score (nSPS) is 27.4. The minimum absolute atomic E-state index is 0.0882. The Morgan fingerprint density at radius 2 is 1.91 bits per heavy atom. The number of benzene rings is 1. The number of hydrogen-bond acceptors (Lipinski definition) is 2. The minimum Gasteiger partial charge on any atom is -0.345 e. The molecule has 4 nitrogen and oxygen atoms in total. The number of rotatable bonds is 4. The van der Waals surface area contributed by atoms with Crippen molar-refractivity contribution >= 4 is 11.8 Å². The Bertz CT molecular complexity index is 543. The molecule has 0 radical (unpaired) electrons. The van der Waals surface area contributed by atoms with Gasteiger partial charge in [0.15, 0.2) is 0 Å². The van der Waals surface area contributed by atoms with Gasteiger partial charge in [-0.1, -0.05) is 36.8 Å². The number of amides is 2. The van der Waals surface area contributed by atoms with Crippen LogP contribution in [-0.2, 0) is 16.1 Å². The molecule has 0 aromatic heterocycles. The topological polar surface area (TPSA) is 58.2 Å². The minimum atomic E-state index is -0.543. The van der Waals surface area contributed by atoms with Crippen molar-refractivity contribution in [2.45, 2.75) is 45.2 Å². The van der Waals surface area contributed by atoms with Crippen LogP contribution in [-0.4, -0.2) is 17.9 Å². The van der Waals surface area contributed by atoms with E-state index in [1.165, 1.54) is 25.7 Å². The predicted octanol–water partition coefficient (Wildman–Crippen LogP) is 2.24. The van der Waals surface area contributed by atoms with E-state index in [4.69, 9.17) is 0 Å². The summed E-state index contributed by atoms with van der Waals surface area (Å²) in [6.07, 6.45) is 5.15. The van der Waals surface area contributed by atoms with E-state index >= 15 is 0 Å². The van der Waals surface area contributed by atoms with Crippen LogP contribution in [0.3, 0.4) is 0 Å². The van der Waals surface area contributed by atoms with Crippen molar-refractivity contribution in [3.63, 3.8) is 0 Å². The summed E-state index contributed by atoms with van der Waals surface area (Å²) in [5, 5.41) is 5.57. The zero-order valence-electron chi connectivity index (χ0n) is 13.0. The van der Waals surface area contributed by atoms with Gasteiger partial charge >= 0.3 is 11.8 Å². The summed E-state index contributed by atoms with van der Waals surface area (Å²) < 4.78 is 0. The Labute approximate surface area is 131 Å². The quantitative estimate of drug-likeness (QED) is 0.838. The van der Waals surface area contributed by atoms with Crippen LogP contribution in [0.2, 0.25) is 0 Å². The van der Waals surface area contributed by atoms with Crippen molar-refractivity contribution in [3.05, 3.63) is 35.9 Å². The van der Waals surface area contributed by atoms with Gasteiger partial charge in [-0.2, -0.15) is 0 Å². The first kappa shape index (κ1) is 15.1. The molecule has 2 N–H and O–H groups in total. The summed E-state index contributed by atoms with van der Waals surface area (Å²) >= 11 is 0. The molecule has 118 valence electrons. The zero-order chi connectivity index (χ0) is 15.5. The molecule has 2 saturated carbocycles. The Morgan fingerprint density at radius 1 is 1.14 bits per heavy atom. The van der Waals surface area contributed by atoms with Crippen molar-refractivity contribution in [2.24, 2.45) is 17.8 Å². The van der Waals surface area contributed by atoms with Crippen molar-refractivity contribution < 1.29 is 9.59 Å². The molecule has 2 fully saturated rings. The highest BCUT2D eigenvalue weighted by molar-refractivity contribution is 6.35. The van der Waals surface area contributed by atoms with E-state index in [0.717, 1.165) is 17.4 Å². The molecular formula is C18H24N2O2. The fourth-order valence-corrected chi connectivity index (χ4v) is 4.14. The van der Waals surface area contributed by atoms with E-state index in [1.807, 2.05) is 37.3 Å². The molecule has 0 saturated heterocycles. The van der Waals surface area contributed by atoms with E-state index in [1.54, 1.807) is 0 Å². The van der Waals surface area contributed by atoms with E-state index < -0.39 is 11.8 Å². The summed E-state index contributed by atoms with van der Waals surface area (Å²) in [6, 6.07) is 9.70. The fraction of sp³-hybridized carbons (Fsp3) is 0.556. The van der Waals surface area contributed by atoms with Gasteiger partial charge in [-0.25, -0.2) is 0 Å². The Kier molecular flexibility index (Phi) is 4.46. The SMILES string of the molecule is CC(NC(=O)C(=O)NCc1ccccc1)C1CC2CCC1C2. The molecule has 1 aromatic carbocycles. The lowest BCUT2D eigenvalue weighted by Gasteiger charge is -2.28. The van der Waals surface area contributed by atoms with Gasteiger partial charge in [0, 0.05) is 12.6 Å². The molecule has 4 heteroatoms. The maximum absolute atomic E-state index is 12.0. The summed E-state index contributed by atoms with van der Waals surface area (Å²) in [5.41, 5.74) is 0.991. The number of carbonyl (C=O) groups is 2.